The summed E-state index contributed by atoms with van der Waals surface area (Å²) in [5.74, 6) is 1.27. The average molecular weight is 371 g/mol. The molecule has 5 heteroatoms. The SMILES string of the molecule is Cc1ccc(Cn2c(CNC(=O)/C=C/c3ccco3)nc3ccccc32)cc1. The van der Waals surface area contributed by atoms with Crippen molar-refractivity contribution in [3.05, 3.63) is 95.7 Å². The Morgan fingerprint density at radius 1 is 1.11 bits per heavy atom. The van der Waals surface area contributed by atoms with E-state index in [0.29, 0.717) is 18.8 Å². The van der Waals surface area contributed by atoms with E-state index in [2.05, 4.69) is 47.1 Å². The van der Waals surface area contributed by atoms with Crippen LogP contribution in [0.3, 0.4) is 0 Å². The summed E-state index contributed by atoms with van der Waals surface area (Å²) in [6.07, 6.45) is 4.68. The van der Waals surface area contributed by atoms with Gasteiger partial charge in [0.2, 0.25) is 5.91 Å². The topological polar surface area (TPSA) is 60.1 Å². The molecule has 140 valence electrons. The predicted octanol–water partition coefficient (Wildman–Crippen LogP) is 4.32. The lowest BCUT2D eigenvalue weighted by atomic mass is 10.1. The van der Waals surface area contributed by atoms with Crippen LogP contribution in [-0.2, 0) is 17.9 Å². The zero-order chi connectivity index (χ0) is 19.3. The van der Waals surface area contributed by atoms with Gasteiger partial charge in [-0.2, -0.15) is 0 Å². The smallest absolute Gasteiger partial charge is 0.244 e. The molecule has 0 atom stereocenters. The van der Waals surface area contributed by atoms with Gasteiger partial charge in [-0.05, 0) is 42.8 Å². The first-order valence-electron chi connectivity index (χ1n) is 9.18. The van der Waals surface area contributed by atoms with E-state index in [1.807, 2.05) is 18.2 Å². The number of amides is 1. The summed E-state index contributed by atoms with van der Waals surface area (Å²) >= 11 is 0. The predicted molar refractivity (Wildman–Crippen MR) is 110 cm³/mol. The number of hydrogen-bond acceptors (Lipinski definition) is 3. The molecule has 0 unspecified atom stereocenters. The number of para-hydroxylation sites is 2. The number of imidazole rings is 1. The van der Waals surface area contributed by atoms with E-state index in [9.17, 15) is 4.79 Å². The van der Waals surface area contributed by atoms with Crippen molar-refractivity contribution < 1.29 is 9.21 Å². The third kappa shape index (κ3) is 4.04. The summed E-state index contributed by atoms with van der Waals surface area (Å²) in [5, 5.41) is 2.91. The molecule has 0 aliphatic heterocycles. The average Bonchev–Trinajstić information content (AvgIpc) is 3.35. The Morgan fingerprint density at radius 3 is 2.71 bits per heavy atom. The summed E-state index contributed by atoms with van der Waals surface area (Å²) < 4.78 is 7.35. The molecule has 0 bridgehead atoms. The Morgan fingerprint density at radius 2 is 1.93 bits per heavy atom. The summed E-state index contributed by atoms with van der Waals surface area (Å²) in [7, 11) is 0. The minimum atomic E-state index is -0.189. The Labute approximate surface area is 163 Å². The van der Waals surface area contributed by atoms with E-state index in [1.165, 1.54) is 17.2 Å². The Balaban J connectivity index is 1.54. The molecule has 2 aromatic heterocycles. The monoisotopic (exact) mass is 371 g/mol. The maximum Gasteiger partial charge on any atom is 0.244 e. The van der Waals surface area contributed by atoms with Crippen molar-refractivity contribution in [1.29, 1.82) is 0 Å². The van der Waals surface area contributed by atoms with Crippen LogP contribution in [0, 0.1) is 6.92 Å². The van der Waals surface area contributed by atoms with Gasteiger partial charge in [-0.3, -0.25) is 4.79 Å². The number of fused-ring (bicyclic) bond motifs is 1. The Hall–Kier alpha value is -3.60. The van der Waals surface area contributed by atoms with Gasteiger partial charge in [0, 0.05) is 12.6 Å². The Bertz CT molecular complexity index is 1110. The molecule has 4 rings (SSSR count). The van der Waals surface area contributed by atoms with Gasteiger partial charge in [-0.25, -0.2) is 4.98 Å². The van der Waals surface area contributed by atoms with Gasteiger partial charge in [-0.1, -0.05) is 42.0 Å². The summed E-state index contributed by atoms with van der Waals surface area (Å²) in [5.41, 5.74) is 4.40. The van der Waals surface area contributed by atoms with Crippen molar-refractivity contribution >= 4 is 23.0 Å². The number of aromatic nitrogens is 2. The van der Waals surface area contributed by atoms with Gasteiger partial charge in [0.1, 0.15) is 11.6 Å². The second-order valence-electron chi connectivity index (χ2n) is 6.66. The lowest BCUT2D eigenvalue weighted by Crippen LogP contribution is -2.22. The maximum atomic E-state index is 12.2. The molecule has 2 heterocycles. The van der Waals surface area contributed by atoms with Crippen LogP contribution >= 0.6 is 0 Å². The number of hydrogen-bond donors (Lipinski definition) is 1. The first kappa shape index (κ1) is 17.8. The molecule has 1 amide bonds. The number of furan rings is 1. The van der Waals surface area contributed by atoms with Crippen molar-refractivity contribution in [3.63, 3.8) is 0 Å². The third-order valence-corrected chi connectivity index (χ3v) is 4.56. The minimum Gasteiger partial charge on any atom is -0.465 e. The lowest BCUT2D eigenvalue weighted by molar-refractivity contribution is -0.116. The number of benzene rings is 2. The molecule has 4 aromatic rings. The molecule has 0 aliphatic rings. The molecule has 0 saturated carbocycles. The van der Waals surface area contributed by atoms with Crippen LogP contribution in [0.4, 0.5) is 0 Å². The number of carbonyl (C=O) groups is 1. The molecule has 28 heavy (non-hydrogen) atoms. The molecule has 0 aliphatic carbocycles. The largest absolute Gasteiger partial charge is 0.465 e. The number of nitrogens with one attached hydrogen (secondary N) is 1. The number of nitrogens with zero attached hydrogens (tertiary/aromatic N) is 2. The van der Waals surface area contributed by atoms with Crippen molar-refractivity contribution in [2.45, 2.75) is 20.0 Å². The zero-order valence-electron chi connectivity index (χ0n) is 15.6. The fraction of sp³-hybridized carbons (Fsp3) is 0.130. The van der Waals surface area contributed by atoms with E-state index in [4.69, 9.17) is 9.40 Å². The van der Waals surface area contributed by atoms with Crippen molar-refractivity contribution in [2.24, 2.45) is 0 Å². The summed E-state index contributed by atoms with van der Waals surface area (Å²) in [6.45, 7) is 3.13. The Kier molecular flexibility index (Phi) is 5.06. The lowest BCUT2D eigenvalue weighted by Gasteiger charge is -2.10. The molecule has 1 N–H and O–H groups in total. The molecule has 0 radical (unpaired) electrons. The van der Waals surface area contributed by atoms with Crippen LogP contribution in [0.5, 0.6) is 0 Å². The van der Waals surface area contributed by atoms with Crippen molar-refractivity contribution in [1.82, 2.24) is 14.9 Å². The first-order valence-corrected chi connectivity index (χ1v) is 9.18. The molecule has 0 fully saturated rings. The van der Waals surface area contributed by atoms with E-state index >= 15 is 0 Å². The standard InChI is InChI=1S/C23H21N3O2/c1-17-8-10-18(11-9-17)16-26-21-7-3-2-6-20(21)25-22(26)15-24-23(27)13-12-19-5-4-14-28-19/h2-14H,15-16H2,1H3,(H,24,27)/b13-12+. The van der Waals surface area contributed by atoms with E-state index in [1.54, 1.807) is 24.5 Å². The maximum absolute atomic E-state index is 12.2. The molecule has 0 spiro atoms. The van der Waals surface area contributed by atoms with E-state index in [-0.39, 0.29) is 5.91 Å². The molecular formula is C23H21N3O2. The quantitative estimate of drug-likeness (QED) is 0.514. The second-order valence-corrected chi connectivity index (χ2v) is 6.66. The van der Waals surface area contributed by atoms with Gasteiger partial charge >= 0.3 is 0 Å². The summed E-state index contributed by atoms with van der Waals surface area (Å²) in [4.78, 5) is 16.9. The fourth-order valence-electron chi connectivity index (χ4n) is 3.08. The number of rotatable bonds is 6. The highest BCUT2D eigenvalue weighted by Gasteiger charge is 2.11. The zero-order valence-corrected chi connectivity index (χ0v) is 15.6. The van der Waals surface area contributed by atoms with Gasteiger partial charge in [0.25, 0.3) is 0 Å². The van der Waals surface area contributed by atoms with Crippen LogP contribution < -0.4 is 5.32 Å². The van der Waals surface area contributed by atoms with Crippen molar-refractivity contribution in [3.8, 4) is 0 Å². The number of aryl methyl sites for hydroxylation is 1. The normalized spacial score (nSPS) is 11.3. The summed E-state index contributed by atoms with van der Waals surface area (Å²) in [6, 6.07) is 20.1. The third-order valence-electron chi connectivity index (χ3n) is 4.56. The highest BCUT2D eigenvalue weighted by Crippen LogP contribution is 2.18. The van der Waals surface area contributed by atoms with Crippen LogP contribution in [0.15, 0.2) is 77.4 Å². The van der Waals surface area contributed by atoms with Crippen molar-refractivity contribution in [2.75, 3.05) is 0 Å². The fourth-order valence-corrected chi connectivity index (χ4v) is 3.08. The van der Waals surface area contributed by atoms with Crippen LogP contribution in [0.2, 0.25) is 0 Å². The molecule has 2 aromatic carbocycles. The van der Waals surface area contributed by atoms with Gasteiger partial charge in [0.15, 0.2) is 0 Å². The van der Waals surface area contributed by atoms with Crippen LogP contribution in [0.1, 0.15) is 22.7 Å². The van der Waals surface area contributed by atoms with Gasteiger partial charge < -0.3 is 14.3 Å². The molecule has 5 nitrogen and oxygen atoms in total. The first-order chi connectivity index (χ1) is 13.7. The van der Waals surface area contributed by atoms with Crippen LogP contribution in [0.25, 0.3) is 17.1 Å². The van der Waals surface area contributed by atoms with E-state index in [0.717, 1.165) is 16.9 Å². The highest BCUT2D eigenvalue weighted by molar-refractivity contribution is 5.91. The van der Waals surface area contributed by atoms with Gasteiger partial charge in [-0.15, -0.1) is 0 Å². The van der Waals surface area contributed by atoms with E-state index < -0.39 is 0 Å². The molecular weight excluding hydrogens is 350 g/mol. The van der Waals surface area contributed by atoms with Gasteiger partial charge in [0.05, 0.1) is 23.8 Å². The minimum absolute atomic E-state index is 0.189. The second kappa shape index (κ2) is 7.96. The van der Waals surface area contributed by atoms with Crippen LogP contribution in [-0.4, -0.2) is 15.5 Å². The molecule has 0 saturated heterocycles. The highest BCUT2D eigenvalue weighted by atomic mass is 16.3. The number of carbonyl (C=O) groups excluding carboxylic acids is 1.